The minimum atomic E-state index is -2.55. The summed E-state index contributed by atoms with van der Waals surface area (Å²) in [4.78, 5) is 84.0. The van der Waals surface area contributed by atoms with Gasteiger partial charge in [0.2, 0.25) is 5.79 Å². The first-order chi connectivity index (χ1) is 34.2. The third-order valence-corrected chi connectivity index (χ3v) is 15.4. The fraction of sp³-hybridized carbons (Fsp3) is 0.673. The van der Waals surface area contributed by atoms with Crippen LogP contribution in [0, 0.1) is 29.6 Å². The summed E-state index contributed by atoms with van der Waals surface area (Å²) >= 11 is 0. The molecule has 72 heavy (non-hydrogen) atoms. The SMILES string of the molecule is C=CCOC1CC(C=C(C)C2OC(=O)C3CCCCN3C(=O)C(=O)C3(O)OC(C(OC)CC(C)CC(C)=CC(CC)C(=O)CC(O)C2C)C(OC)CC3C)CCC1NC(=O)c1ccccc1C[C@@H](N)C(=O)O. The zero-order valence-electron chi connectivity index (χ0n) is 43.6. The van der Waals surface area contributed by atoms with Crippen LogP contribution in [0.25, 0.3) is 0 Å². The summed E-state index contributed by atoms with van der Waals surface area (Å²) in [5.74, 6) is -9.71. The highest BCUT2D eigenvalue weighted by molar-refractivity contribution is 6.39. The number of aliphatic carboxylic acids is 1. The number of rotatable bonds is 13. The van der Waals surface area contributed by atoms with Gasteiger partial charge in [0, 0.05) is 50.5 Å². The molecule has 1 aromatic carbocycles. The van der Waals surface area contributed by atoms with Gasteiger partial charge in [-0.15, -0.1) is 6.58 Å². The normalized spacial score (nSPS) is 34.4. The number of hydrogen-bond donors (Lipinski definition) is 5. The van der Waals surface area contributed by atoms with Crippen molar-refractivity contribution in [2.24, 2.45) is 35.3 Å². The average molecular weight is 1010 g/mol. The number of carbonyl (C=O) groups is 6. The van der Waals surface area contributed by atoms with Crippen LogP contribution in [0.1, 0.15) is 128 Å². The van der Waals surface area contributed by atoms with Crippen LogP contribution in [-0.4, -0.2) is 143 Å². The van der Waals surface area contributed by atoms with Gasteiger partial charge >= 0.3 is 11.9 Å². The Morgan fingerprint density at radius 1 is 1.00 bits per heavy atom. The Hall–Kier alpha value is -4.62. The van der Waals surface area contributed by atoms with E-state index in [-0.39, 0.29) is 56.5 Å². The Kier molecular flexibility index (Phi) is 21.5. The number of nitrogens with one attached hydrogen (secondary N) is 1. The number of hydrogen-bond acceptors (Lipinski definition) is 14. The molecule has 0 aromatic heterocycles. The van der Waals surface area contributed by atoms with E-state index in [1.807, 2.05) is 32.9 Å². The summed E-state index contributed by atoms with van der Waals surface area (Å²) in [5.41, 5.74) is 8.19. The number of cyclic esters (lactones) is 1. The molecule has 6 N–H and O–H groups in total. The van der Waals surface area contributed by atoms with E-state index >= 15 is 0 Å². The number of carboxylic acid groups (broad SMARTS) is 1. The molecule has 1 aromatic rings. The molecule has 2 saturated heterocycles. The standard InChI is InChI=1S/C55H81N3O14/c1-10-22-70-45-28-36(19-20-41(45)57-51(62)39-17-13-12-16-38(39)29-40(56)53(64)65)26-33(5)48-35(7)43(59)30-44(60)37(11-2)24-31(3)23-32(4)25-46(68-8)49-47(69-9)27-34(6)55(67,72-49)50(61)52(63)58-21-15-14-18-42(58)54(66)71-48/h10,12-13,16-17,24,26,32,34-37,40-43,45-49,59,67H,1,11,14-15,18-23,25,27-30,56H2,2-9H3,(H,57,62)(H,64,65)/t32?,34?,35?,36?,37?,40-,41?,42?,43?,45?,46?,47?,48?,49?,55?/m1/s1. The Bertz CT molecular complexity index is 2140. The number of piperidine rings is 1. The number of carbonyl (C=O) groups excluding carboxylic acids is 5. The minimum Gasteiger partial charge on any atom is -0.480 e. The van der Waals surface area contributed by atoms with Crippen LogP contribution in [0.5, 0.6) is 0 Å². The number of allylic oxidation sites excluding steroid dienone is 3. The highest BCUT2D eigenvalue weighted by atomic mass is 16.7. The number of methoxy groups -OCH3 is 2. The van der Waals surface area contributed by atoms with Crippen LogP contribution in [0.2, 0.25) is 0 Å². The molecule has 5 rings (SSSR count). The van der Waals surface area contributed by atoms with Gasteiger partial charge in [0.1, 0.15) is 30.1 Å². The van der Waals surface area contributed by atoms with Gasteiger partial charge in [-0.05, 0) is 114 Å². The third-order valence-electron chi connectivity index (χ3n) is 15.4. The molecule has 17 nitrogen and oxygen atoms in total. The fourth-order valence-electron chi connectivity index (χ4n) is 11.2. The lowest BCUT2D eigenvalue weighted by atomic mass is 9.80. The van der Waals surface area contributed by atoms with Crippen LogP contribution >= 0.6 is 0 Å². The number of fused-ring (bicyclic) bond motifs is 3. The van der Waals surface area contributed by atoms with Gasteiger partial charge in [-0.2, -0.15) is 0 Å². The molecular weight excluding hydrogens is 927 g/mol. The van der Waals surface area contributed by atoms with Crippen LogP contribution < -0.4 is 11.1 Å². The molecule has 15 atom stereocenters. The Labute approximate surface area is 425 Å². The molecular formula is C55H81N3O14. The molecule has 3 fully saturated rings. The van der Waals surface area contributed by atoms with Crippen molar-refractivity contribution in [1.29, 1.82) is 0 Å². The second-order valence-electron chi connectivity index (χ2n) is 20.9. The van der Waals surface area contributed by atoms with Gasteiger partial charge in [-0.1, -0.05) is 69.7 Å². The summed E-state index contributed by atoms with van der Waals surface area (Å²) < 4.78 is 30.7. The number of nitrogens with zero attached hydrogens (tertiary/aromatic N) is 1. The van der Waals surface area contributed by atoms with Crippen LogP contribution in [0.4, 0.5) is 0 Å². The summed E-state index contributed by atoms with van der Waals surface area (Å²) in [6.07, 6.45) is 4.75. The maximum Gasteiger partial charge on any atom is 0.329 e. The maximum atomic E-state index is 14.6. The molecule has 14 unspecified atom stereocenters. The van der Waals surface area contributed by atoms with Gasteiger partial charge in [-0.25, -0.2) is 4.79 Å². The lowest BCUT2D eigenvalue weighted by Crippen LogP contribution is -2.64. The summed E-state index contributed by atoms with van der Waals surface area (Å²) in [7, 11) is 3.04. The summed E-state index contributed by atoms with van der Waals surface area (Å²) in [6.45, 7) is 15.1. The van der Waals surface area contributed by atoms with Gasteiger partial charge in [-0.3, -0.25) is 24.0 Å². The van der Waals surface area contributed by atoms with Crippen LogP contribution in [0.3, 0.4) is 0 Å². The van der Waals surface area contributed by atoms with E-state index in [0.717, 1.165) is 10.5 Å². The van der Waals surface area contributed by atoms with Gasteiger partial charge in [0.25, 0.3) is 17.6 Å². The molecule has 0 spiro atoms. The molecule has 2 amide bonds. The van der Waals surface area contributed by atoms with Crippen LogP contribution in [0.15, 0.2) is 60.2 Å². The molecule has 1 aliphatic carbocycles. The van der Waals surface area contributed by atoms with Crippen LogP contribution in [-0.2, 0) is 54.1 Å². The lowest BCUT2D eigenvalue weighted by molar-refractivity contribution is -0.302. The number of carboxylic acids is 1. The van der Waals surface area contributed by atoms with Crippen molar-refractivity contribution >= 4 is 35.3 Å². The van der Waals surface area contributed by atoms with E-state index in [0.29, 0.717) is 68.1 Å². The van der Waals surface area contributed by atoms with E-state index in [2.05, 4.69) is 11.9 Å². The highest BCUT2D eigenvalue weighted by Crippen LogP contribution is 2.39. The first-order valence-corrected chi connectivity index (χ1v) is 25.8. The summed E-state index contributed by atoms with van der Waals surface area (Å²) in [5, 5.41) is 36.6. The number of Topliss-reactive ketones (excluding diaryl/α,β-unsaturated/α-hetero) is 2. The van der Waals surface area contributed by atoms with Crippen molar-refractivity contribution in [1.82, 2.24) is 10.2 Å². The monoisotopic (exact) mass is 1010 g/mol. The van der Waals surface area contributed by atoms with Crippen molar-refractivity contribution in [3.05, 3.63) is 71.3 Å². The van der Waals surface area contributed by atoms with E-state index in [9.17, 15) is 44.1 Å². The Balaban J connectivity index is 1.48. The quantitative estimate of drug-likeness (QED) is 0.0940. The number of aliphatic hydroxyl groups is 2. The molecule has 2 bridgehead atoms. The number of ether oxygens (including phenoxy) is 5. The smallest absolute Gasteiger partial charge is 0.329 e. The van der Waals surface area contributed by atoms with Crippen molar-refractivity contribution in [2.75, 3.05) is 27.4 Å². The zero-order valence-corrected chi connectivity index (χ0v) is 43.6. The van der Waals surface area contributed by atoms with E-state index in [1.165, 1.54) is 14.2 Å². The predicted octanol–water partition coefficient (Wildman–Crippen LogP) is 5.42. The topological polar surface area (TPSA) is 251 Å². The van der Waals surface area contributed by atoms with Crippen molar-refractivity contribution < 1.29 is 67.8 Å². The Morgan fingerprint density at radius 3 is 2.36 bits per heavy atom. The average Bonchev–Trinajstić information content (AvgIpc) is 3.35. The van der Waals surface area contributed by atoms with Gasteiger partial charge in [0.15, 0.2) is 0 Å². The fourth-order valence-corrected chi connectivity index (χ4v) is 11.2. The first kappa shape index (κ1) is 58.3. The van der Waals surface area contributed by atoms with E-state index in [4.69, 9.17) is 29.4 Å². The minimum absolute atomic E-state index is 0.00545. The number of amides is 2. The third kappa shape index (κ3) is 14.4. The molecule has 1 saturated carbocycles. The van der Waals surface area contributed by atoms with Crippen molar-refractivity contribution in [3.8, 4) is 0 Å². The van der Waals surface area contributed by atoms with Gasteiger partial charge in [0.05, 0.1) is 37.1 Å². The highest BCUT2D eigenvalue weighted by Gasteiger charge is 2.56. The summed E-state index contributed by atoms with van der Waals surface area (Å²) in [6, 6.07) is 3.89. The number of aliphatic hydroxyl groups excluding tert-OH is 1. The number of benzene rings is 1. The second-order valence-corrected chi connectivity index (χ2v) is 20.9. The predicted molar refractivity (Wildman–Crippen MR) is 268 cm³/mol. The zero-order chi connectivity index (χ0) is 53.0. The van der Waals surface area contributed by atoms with E-state index < -0.39 is 108 Å². The molecule has 4 aliphatic rings. The van der Waals surface area contributed by atoms with Crippen molar-refractivity contribution in [3.63, 3.8) is 0 Å². The largest absolute Gasteiger partial charge is 0.480 e. The first-order valence-electron chi connectivity index (χ1n) is 25.8. The molecule has 17 heteroatoms. The number of nitrogens with two attached hydrogens (primary N) is 1. The molecule has 3 aliphatic heterocycles. The van der Waals surface area contributed by atoms with Crippen molar-refractivity contribution in [2.45, 2.75) is 179 Å². The maximum absolute atomic E-state index is 14.6. The van der Waals surface area contributed by atoms with E-state index in [1.54, 1.807) is 51.1 Å². The lowest BCUT2D eigenvalue weighted by Gasteiger charge is -2.47. The van der Waals surface area contributed by atoms with Gasteiger partial charge < -0.3 is 55.0 Å². The Morgan fingerprint density at radius 2 is 1.69 bits per heavy atom. The molecule has 400 valence electrons. The number of ketones is 2. The number of esters is 1. The molecule has 0 radical (unpaired) electrons. The molecule has 3 heterocycles. The second kappa shape index (κ2) is 26.5.